The van der Waals surface area contributed by atoms with Gasteiger partial charge >= 0.3 is 0 Å². The van der Waals surface area contributed by atoms with E-state index >= 15 is 0 Å². The first-order valence-corrected chi connectivity index (χ1v) is 3.18. The molecular weight excluding hydrogens is 104 g/mol. The highest BCUT2D eigenvalue weighted by Gasteiger charge is 1.78. The Hall–Kier alpha value is 0.0900. The van der Waals surface area contributed by atoms with Crippen LogP contribution in [0.5, 0.6) is 0 Å². The minimum absolute atomic E-state index is 0.673. The fraction of sp³-hybridized carbons (Fsp3) is 0.667. The van der Waals surface area contributed by atoms with Crippen LogP contribution in [0.25, 0.3) is 0 Å². The Kier molecular flexibility index (Phi) is 4.31. The smallest absolute Gasteiger partial charge is 0.00826 e. The van der Waals surface area contributed by atoms with Crippen molar-refractivity contribution < 1.29 is 0 Å². The molecule has 0 heterocycles. The van der Waals surface area contributed by atoms with E-state index < -0.39 is 0 Å². The van der Waals surface area contributed by atoms with Gasteiger partial charge in [-0.2, -0.15) is 12.6 Å². The Bertz CT molecular complexity index is 55.2. The lowest BCUT2D eigenvalue weighted by molar-refractivity contribution is 0.830. The lowest BCUT2D eigenvalue weighted by Gasteiger charge is -1.88. The van der Waals surface area contributed by atoms with Gasteiger partial charge in [0.15, 0.2) is 0 Å². The maximum absolute atomic E-state index is 4.01. The molecule has 0 aromatic carbocycles. The molecule has 0 bridgehead atoms. The number of thiol groups is 1. The summed E-state index contributed by atoms with van der Waals surface area (Å²) in [6.45, 7) is 4.31. The van der Waals surface area contributed by atoms with Crippen LogP contribution >= 0.6 is 12.6 Å². The van der Waals surface area contributed by atoms with Gasteiger partial charge in [-0.25, -0.2) is 0 Å². The molecule has 7 heavy (non-hydrogen) atoms. The predicted octanol–water partition coefficient (Wildman–Crippen LogP) is 2.13. The van der Waals surface area contributed by atoms with Gasteiger partial charge in [0.05, 0.1) is 0 Å². The van der Waals surface area contributed by atoms with Crippen LogP contribution in [0.2, 0.25) is 0 Å². The van der Waals surface area contributed by atoms with E-state index in [1.54, 1.807) is 0 Å². The summed E-state index contributed by atoms with van der Waals surface area (Å²) in [6.07, 6.45) is 4.21. The van der Waals surface area contributed by atoms with Gasteiger partial charge in [0, 0.05) is 5.75 Å². The Balaban J connectivity index is 3.08. The molecule has 0 aliphatic rings. The average molecular weight is 116 g/mol. The van der Waals surface area contributed by atoms with Crippen molar-refractivity contribution in [2.75, 3.05) is 5.75 Å². The molecule has 0 fully saturated rings. The maximum atomic E-state index is 4.01. The molecule has 0 amide bonds. The second-order valence-electron chi connectivity index (χ2n) is 1.85. The molecule has 0 N–H and O–H groups in total. The summed E-state index contributed by atoms with van der Waals surface area (Å²) >= 11 is 4.01. The predicted molar refractivity (Wildman–Crippen MR) is 37.8 cm³/mol. The van der Waals surface area contributed by atoms with Gasteiger partial charge in [-0.05, 0) is 5.92 Å². The standard InChI is InChI=1S/C6H12S/c1-6(2)4-3-5-7/h3-4,6-7H,5H2,1-2H3/b4-3-. The molecule has 0 aromatic heterocycles. The van der Waals surface area contributed by atoms with Gasteiger partial charge in [-0.1, -0.05) is 26.0 Å². The first-order chi connectivity index (χ1) is 3.27. The largest absolute Gasteiger partial charge is 0.175 e. The van der Waals surface area contributed by atoms with Gasteiger partial charge in [0.1, 0.15) is 0 Å². The third kappa shape index (κ3) is 6.09. The third-order valence-corrected chi connectivity index (χ3v) is 0.837. The molecule has 0 spiro atoms. The summed E-state index contributed by atoms with van der Waals surface area (Å²) in [7, 11) is 0. The fourth-order valence-corrected chi connectivity index (χ4v) is 0.455. The van der Waals surface area contributed by atoms with Crippen LogP contribution in [0.3, 0.4) is 0 Å². The van der Waals surface area contributed by atoms with Crippen molar-refractivity contribution >= 4 is 12.6 Å². The molecule has 0 unspecified atom stereocenters. The summed E-state index contributed by atoms with van der Waals surface area (Å²) in [5.41, 5.74) is 0. The van der Waals surface area contributed by atoms with Gasteiger partial charge in [-0.15, -0.1) is 0 Å². The van der Waals surface area contributed by atoms with Gasteiger partial charge in [0.2, 0.25) is 0 Å². The zero-order valence-electron chi connectivity index (χ0n) is 4.89. The highest BCUT2D eigenvalue weighted by Crippen LogP contribution is 1.92. The third-order valence-electron chi connectivity index (χ3n) is 0.626. The van der Waals surface area contributed by atoms with Crippen LogP contribution in [-0.4, -0.2) is 5.75 Å². The first kappa shape index (κ1) is 7.09. The van der Waals surface area contributed by atoms with Crippen molar-refractivity contribution in [2.24, 2.45) is 5.92 Å². The normalized spacial score (nSPS) is 11.4. The second kappa shape index (κ2) is 4.25. The second-order valence-corrected chi connectivity index (χ2v) is 2.22. The van der Waals surface area contributed by atoms with Gasteiger partial charge in [0.25, 0.3) is 0 Å². The molecular formula is C6H12S. The van der Waals surface area contributed by atoms with Crippen LogP contribution in [-0.2, 0) is 0 Å². The van der Waals surface area contributed by atoms with E-state index in [2.05, 4.69) is 38.6 Å². The summed E-state index contributed by atoms with van der Waals surface area (Å²) in [5.74, 6) is 1.53. The molecule has 0 rings (SSSR count). The number of hydrogen-bond acceptors (Lipinski definition) is 1. The summed E-state index contributed by atoms with van der Waals surface area (Å²) in [6, 6.07) is 0. The lowest BCUT2D eigenvalue weighted by Crippen LogP contribution is -1.75. The molecule has 0 aliphatic carbocycles. The minimum atomic E-state index is 0.673. The lowest BCUT2D eigenvalue weighted by atomic mass is 10.2. The molecule has 0 aromatic rings. The Morgan fingerprint density at radius 1 is 1.57 bits per heavy atom. The minimum Gasteiger partial charge on any atom is -0.175 e. The molecule has 0 radical (unpaired) electrons. The van der Waals surface area contributed by atoms with Crippen molar-refractivity contribution in [2.45, 2.75) is 13.8 Å². The number of rotatable bonds is 2. The van der Waals surface area contributed by atoms with Crippen LogP contribution in [0.15, 0.2) is 12.2 Å². The number of hydrogen-bond donors (Lipinski definition) is 1. The highest BCUT2D eigenvalue weighted by molar-refractivity contribution is 7.80. The van der Waals surface area contributed by atoms with Crippen LogP contribution in [0.1, 0.15) is 13.8 Å². The van der Waals surface area contributed by atoms with Crippen molar-refractivity contribution in [3.63, 3.8) is 0 Å². The highest BCUT2D eigenvalue weighted by atomic mass is 32.1. The van der Waals surface area contributed by atoms with E-state index in [-0.39, 0.29) is 0 Å². The molecule has 0 atom stereocenters. The van der Waals surface area contributed by atoms with Crippen LogP contribution < -0.4 is 0 Å². The van der Waals surface area contributed by atoms with E-state index in [1.165, 1.54) is 0 Å². The molecule has 1 heteroatoms. The molecule has 0 saturated heterocycles. The average Bonchev–Trinajstić information content (AvgIpc) is 1.61. The van der Waals surface area contributed by atoms with E-state index in [0.29, 0.717) is 5.92 Å². The van der Waals surface area contributed by atoms with Crippen molar-refractivity contribution in [1.29, 1.82) is 0 Å². The van der Waals surface area contributed by atoms with Crippen LogP contribution in [0.4, 0.5) is 0 Å². The number of allylic oxidation sites excluding steroid dienone is 1. The van der Waals surface area contributed by atoms with Crippen molar-refractivity contribution in [1.82, 2.24) is 0 Å². The zero-order valence-corrected chi connectivity index (χ0v) is 5.78. The van der Waals surface area contributed by atoms with Crippen molar-refractivity contribution in [3.8, 4) is 0 Å². The molecule has 42 valence electrons. The Morgan fingerprint density at radius 2 is 2.14 bits per heavy atom. The maximum Gasteiger partial charge on any atom is 0.00826 e. The monoisotopic (exact) mass is 116 g/mol. The van der Waals surface area contributed by atoms with Crippen LogP contribution in [0, 0.1) is 5.92 Å². The van der Waals surface area contributed by atoms with Gasteiger partial charge in [-0.3, -0.25) is 0 Å². The van der Waals surface area contributed by atoms with Crippen molar-refractivity contribution in [3.05, 3.63) is 12.2 Å². The van der Waals surface area contributed by atoms with E-state index in [4.69, 9.17) is 0 Å². The summed E-state index contributed by atoms with van der Waals surface area (Å²) < 4.78 is 0. The molecule has 0 saturated carbocycles. The van der Waals surface area contributed by atoms with Gasteiger partial charge < -0.3 is 0 Å². The summed E-state index contributed by atoms with van der Waals surface area (Å²) in [4.78, 5) is 0. The Morgan fingerprint density at radius 3 is 2.29 bits per heavy atom. The summed E-state index contributed by atoms with van der Waals surface area (Å²) in [5, 5.41) is 0. The molecule has 0 nitrogen and oxygen atoms in total. The Labute approximate surface area is 51.0 Å². The zero-order chi connectivity index (χ0) is 5.70. The SMILES string of the molecule is CC(C)/C=C\CS. The van der Waals surface area contributed by atoms with E-state index in [9.17, 15) is 0 Å². The molecule has 0 aliphatic heterocycles. The fourth-order valence-electron chi connectivity index (χ4n) is 0.333. The van der Waals surface area contributed by atoms with E-state index in [0.717, 1.165) is 5.75 Å². The first-order valence-electron chi connectivity index (χ1n) is 2.55. The quantitative estimate of drug-likeness (QED) is 0.414. The topological polar surface area (TPSA) is 0 Å². The van der Waals surface area contributed by atoms with E-state index in [1.807, 2.05) is 0 Å².